The summed E-state index contributed by atoms with van der Waals surface area (Å²) < 4.78 is 0. The van der Waals surface area contributed by atoms with Crippen LogP contribution in [0, 0.1) is 11.3 Å². The van der Waals surface area contributed by atoms with Crippen LogP contribution < -0.4 is 5.73 Å². The van der Waals surface area contributed by atoms with E-state index in [9.17, 15) is 0 Å². The van der Waals surface area contributed by atoms with Crippen LogP contribution in [0.3, 0.4) is 0 Å². The zero-order chi connectivity index (χ0) is 9.84. The van der Waals surface area contributed by atoms with Gasteiger partial charge in [0.15, 0.2) is 0 Å². The van der Waals surface area contributed by atoms with Crippen molar-refractivity contribution in [3.63, 3.8) is 0 Å². The molecule has 13 heavy (non-hydrogen) atoms. The van der Waals surface area contributed by atoms with Crippen molar-refractivity contribution < 1.29 is 0 Å². The molecule has 0 bridgehead atoms. The summed E-state index contributed by atoms with van der Waals surface area (Å²) in [6, 6.07) is 6.08. The van der Waals surface area contributed by atoms with E-state index in [1.807, 2.05) is 6.07 Å². The zero-order valence-corrected chi connectivity index (χ0v) is 8.61. The number of hydrogen-bond acceptors (Lipinski definition) is 3. The van der Waals surface area contributed by atoms with Gasteiger partial charge in [0.2, 0.25) is 0 Å². The van der Waals surface area contributed by atoms with Crippen LogP contribution in [-0.2, 0) is 6.42 Å². The fourth-order valence-corrected chi connectivity index (χ4v) is 1.92. The molecule has 2 N–H and O–H groups in total. The Morgan fingerprint density at radius 1 is 1.62 bits per heavy atom. The molecule has 0 atom stereocenters. The predicted octanol–water partition coefficient (Wildman–Crippen LogP) is 2.52. The highest BCUT2D eigenvalue weighted by Crippen LogP contribution is 2.23. The number of nitrogens with zero attached hydrogens (tertiary/aromatic N) is 1. The molecule has 1 aromatic heterocycles. The molecule has 0 radical (unpaired) electrons. The maximum Gasteiger partial charge on any atom is 0.0966 e. The second-order valence-electron chi connectivity index (χ2n) is 2.77. The van der Waals surface area contributed by atoms with Gasteiger partial charge in [-0.05, 0) is 25.5 Å². The molecule has 0 saturated heterocycles. The van der Waals surface area contributed by atoms with Crippen molar-refractivity contribution in [2.24, 2.45) is 5.73 Å². The van der Waals surface area contributed by atoms with E-state index in [-0.39, 0.29) is 0 Å². The molecule has 0 aliphatic heterocycles. The minimum absolute atomic E-state index is 0.588. The summed E-state index contributed by atoms with van der Waals surface area (Å²) in [5.41, 5.74) is 6.98. The first-order chi connectivity index (χ1) is 6.19. The van der Waals surface area contributed by atoms with Gasteiger partial charge in [-0.3, -0.25) is 0 Å². The summed E-state index contributed by atoms with van der Waals surface area (Å²) in [5.74, 6) is 0. The van der Waals surface area contributed by atoms with Crippen LogP contribution in [0.1, 0.15) is 23.6 Å². The van der Waals surface area contributed by atoms with Gasteiger partial charge in [0.25, 0.3) is 0 Å². The van der Waals surface area contributed by atoms with Crippen molar-refractivity contribution in [2.45, 2.75) is 20.3 Å². The summed E-state index contributed by atoms with van der Waals surface area (Å²) in [5, 5.41) is 8.65. The normalized spacial score (nSPS) is 12.1. The first-order valence-corrected chi connectivity index (χ1v) is 4.96. The van der Waals surface area contributed by atoms with Gasteiger partial charge in [-0.1, -0.05) is 6.92 Å². The van der Waals surface area contributed by atoms with E-state index in [4.69, 9.17) is 11.0 Å². The van der Waals surface area contributed by atoms with Crippen molar-refractivity contribution in [3.8, 4) is 6.07 Å². The molecule has 2 nitrogen and oxygen atoms in total. The molecule has 0 aromatic carbocycles. The van der Waals surface area contributed by atoms with Crippen LogP contribution in [0.5, 0.6) is 0 Å². The average molecular weight is 192 g/mol. The number of allylic oxidation sites excluding steroid dienone is 1. The van der Waals surface area contributed by atoms with Crippen LogP contribution in [-0.4, -0.2) is 0 Å². The van der Waals surface area contributed by atoms with Gasteiger partial charge < -0.3 is 5.73 Å². The molecule has 3 heteroatoms. The highest BCUT2D eigenvalue weighted by atomic mass is 32.1. The molecular weight excluding hydrogens is 180 g/mol. The van der Waals surface area contributed by atoms with E-state index in [2.05, 4.69) is 19.1 Å². The number of thiophene rings is 1. The topological polar surface area (TPSA) is 49.8 Å². The van der Waals surface area contributed by atoms with E-state index in [1.54, 1.807) is 18.3 Å². The van der Waals surface area contributed by atoms with Crippen molar-refractivity contribution in [3.05, 3.63) is 27.5 Å². The van der Waals surface area contributed by atoms with E-state index >= 15 is 0 Å². The SMILES string of the molecule is CCc1ccc(/C(N)=C(/C)C#N)s1. The van der Waals surface area contributed by atoms with Crippen molar-refractivity contribution in [2.75, 3.05) is 0 Å². The molecule has 0 fully saturated rings. The Labute approximate surface area is 82.3 Å². The van der Waals surface area contributed by atoms with Crippen LogP contribution in [0.15, 0.2) is 17.7 Å². The van der Waals surface area contributed by atoms with Crippen LogP contribution >= 0.6 is 11.3 Å². The van der Waals surface area contributed by atoms with Crippen molar-refractivity contribution >= 4 is 17.0 Å². The van der Waals surface area contributed by atoms with Gasteiger partial charge in [-0.2, -0.15) is 5.26 Å². The molecule has 0 aliphatic carbocycles. The quantitative estimate of drug-likeness (QED) is 0.732. The number of hydrogen-bond donors (Lipinski definition) is 1. The van der Waals surface area contributed by atoms with Gasteiger partial charge in [-0.25, -0.2) is 0 Å². The molecule has 0 unspecified atom stereocenters. The van der Waals surface area contributed by atoms with Gasteiger partial charge in [0.1, 0.15) is 0 Å². The summed E-state index contributed by atoms with van der Waals surface area (Å²) in [7, 11) is 0. The Morgan fingerprint density at radius 3 is 2.77 bits per heavy atom. The Kier molecular flexibility index (Phi) is 3.10. The zero-order valence-electron chi connectivity index (χ0n) is 7.79. The van der Waals surface area contributed by atoms with Crippen LogP contribution in [0.2, 0.25) is 0 Å². The number of aryl methyl sites for hydroxylation is 1. The summed E-state index contributed by atoms with van der Waals surface area (Å²) in [6.07, 6.45) is 1.02. The van der Waals surface area contributed by atoms with Crippen molar-refractivity contribution in [1.29, 1.82) is 5.26 Å². The minimum Gasteiger partial charge on any atom is -0.397 e. The molecule has 0 saturated carbocycles. The molecule has 68 valence electrons. The van der Waals surface area contributed by atoms with E-state index in [0.717, 1.165) is 11.3 Å². The fourth-order valence-electron chi connectivity index (χ4n) is 0.958. The van der Waals surface area contributed by atoms with E-state index < -0.39 is 0 Å². The molecule has 1 heterocycles. The Morgan fingerprint density at radius 2 is 2.31 bits per heavy atom. The maximum atomic E-state index is 8.65. The standard InChI is InChI=1S/C10H12N2S/c1-3-8-4-5-9(13-8)10(12)7(2)6-11/h4-5H,3,12H2,1-2H3/b10-7+. The van der Waals surface area contributed by atoms with Crippen LogP contribution in [0.25, 0.3) is 5.70 Å². The summed E-state index contributed by atoms with van der Waals surface area (Å²) in [6.45, 7) is 3.84. The molecular formula is C10H12N2S. The largest absolute Gasteiger partial charge is 0.397 e. The third-order valence-corrected chi connectivity index (χ3v) is 3.11. The Balaban J connectivity index is 3.04. The molecule has 0 amide bonds. The number of nitriles is 1. The highest BCUT2D eigenvalue weighted by Gasteiger charge is 2.03. The molecule has 0 aliphatic rings. The monoisotopic (exact) mass is 192 g/mol. The molecule has 0 spiro atoms. The smallest absolute Gasteiger partial charge is 0.0966 e. The first kappa shape index (κ1) is 9.82. The van der Waals surface area contributed by atoms with Crippen LogP contribution in [0.4, 0.5) is 0 Å². The maximum absolute atomic E-state index is 8.65. The van der Waals surface area contributed by atoms with Gasteiger partial charge >= 0.3 is 0 Å². The first-order valence-electron chi connectivity index (χ1n) is 4.14. The second kappa shape index (κ2) is 4.11. The Bertz CT molecular complexity index is 369. The highest BCUT2D eigenvalue weighted by molar-refractivity contribution is 7.13. The number of nitrogens with two attached hydrogens (primary N) is 1. The third kappa shape index (κ3) is 2.10. The lowest BCUT2D eigenvalue weighted by molar-refractivity contribution is 1.19. The fraction of sp³-hybridized carbons (Fsp3) is 0.300. The van der Waals surface area contributed by atoms with Gasteiger partial charge in [-0.15, -0.1) is 11.3 Å². The average Bonchev–Trinajstić information content (AvgIpc) is 2.63. The van der Waals surface area contributed by atoms with Gasteiger partial charge in [0.05, 0.1) is 22.2 Å². The summed E-state index contributed by atoms with van der Waals surface area (Å²) >= 11 is 1.65. The summed E-state index contributed by atoms with van der Waals surface area (Å²) in [4.78, 5) is 2.29. The second-order valence-corrected chi connectivity index (χ2v) is 3.94. The van der Waals surface area contributed by atoms with E-state index in [0.29, 0.717) is 11.3 Å². The third-order valence-electron chi connectivity index (χ3n) is 1.85. The van der Waals surface area contributed by atoms with Gasteiger partial charge in [0, 0.05) is 4.88 Å². The Hall–Kier alpha value is -1.27. The minimum atomic E-state index is 0.588. The number of rotatable bonds is 2. The molecule has 1 aromatic rings. The predicted molar refractivity (Wildman–Crippen MR) is 56.1 cm³/mol. The lowest BCUT2D eigenvalue weighted by Crippen LogP contribution is -1.96. The van der Waals surface area contributed by atoms with Crippen molar-refractivity contribution in [1.82, 2.24) is 0 Å². The lowest BCUT2D eigenvalue weighted by atomic mass is 10.2. The molecule has 1 rings (SSSR count). The lowest BCUT2D eigenvalue weighted by Gasteiger charge is -1.96. The van der Waals surface area contributed by atoms with E-state index in [1.165, 1.54) is 4.88 Å².